The Kier molecular flexibility index (Phi) is 27.9. The highest BCUT2D eigenvalue weighted by molar-refractivity contribution is 5.99. The maximum absolute atomic E-state index is 15.0. The molecular formula is C63H102N10O11. The third-order valence-corrected chi connectivity index (χ3v) is 17.0. The van der Waals surface area contributed by atoms with Gasteiger partial charge in [-0.15, -0.1) is 0 Å². The summed E-state index contributed by atoms with van der Waals surface area (Å²) in [5.41, 5.74) is 7.31. The molecule has 84 heavy (non-hydrogen) atoms. The van der Waals surface area contributed by atoms with Gasteiger partial charge in [0.25, 0.3) is 0 Å². The second kappa shape index (κ2) is 34.1. The number of hydrogen-bond donors (Lipinski definition) is 7. The van der Waals surface area contributed by atoms with E-state index in [-0.39, 0.29) is 93.3 Å². The second-order valence-electron chi connectivity index (χ2n) is 25.6. The lowest BCUT2D eigenvalue weighted by Crippen LogP contribution is -2.60. The fraction of sp³-hybridized carbons (Fsp3) is 0.746. The van der Waals surface area contributed by atoms with Crippen LogP contribution in [0.1, 0.15) is 189 Å². The molecule has 5 rings (SSSR count). The first kappa shape index (κ1) is 68.7. The molecule has 21 heteroatoms. The minimum absolute atomic E-state index is 0.0135. The van der Waals surface area contributed by atoms with Gasteiger partial charge in [0.15, 0.2) is 0 Å². The molecule has 1 aromatic carbocycles. The van der Waals surface area contributed by atoms with Gasteiger partial charge in [0.2, 0.25) is 53.2 Å². The number of rotatable bonds is 30. The zero-order chi connectivity index (χ0) is 61.6. The minimum Gasteiger partial charge on any atom is -0.481 e. The van der Waals surface area contributed by atoms with E-state index in [4.69, 9.17) is 5.73 Å². The van der Waals surface area contributed by atoms with E-state index in [0.29, 0.717) is 38.6 Å². The Balaban J connectivity index is 1.31. The van der Waals surface area contributed by atoms with Gasteiger partial charge in [-0.05, 0) is 93.9 Å². The number of amides is 9. The molecule has 3 saturated heterocycles. The fourth-order valence-electron chi connectivity index (χ4n) is 12.4. The molecular weight excluding hydrogens is 1070 g/mol. The van der Waals surface area contributed by atoms with Crippen LogP contribution in [0.15, 0.2) is 30.3 Å². The third-order valence-electron chi connectivity index (χ3n) is 17.0. The van der Waals surface area contributed by atoms with Crippen LogP contribution in [0.4, 0.5) is 0 Å². The van der Waals surface area contributed by atoms with Gasteiger partial charge in [-0.2, -0.15) is 0 Å². The monoisotopic (exact) mass is 1170 g/mol. The van der Waals surface area contributed by atoms with Crippen molar-refractivity contribution >= 4 is 59.1 Å². The molecule has 9 amide bonds. The molecule has 3 heterocycles. The number of benzene rings is 1. The predicted octanol–water partition coefficient (Wildman–Crippen LogP) is 4.97. The van der Waals surface area contributed by atoms with E-state index in [0.717, 1.165) is 76.2 Å². The van der Waals surface area contributed by atoms with Crippen LogP contribution in [-0.2, 0) is 54.4 Å². The molecule has 1 aromatic rings. The normalized spacial score (nSPS) is 21.2. The average Bonchev–Trinajstić information content (AvgIpc) is 3.02. The summed E-state index contributed by atoms with van der Waals surface area (Å²) in [7, 11) is 1.42. The lowest BCUT2D eigenvalue weighted by atomic mass is 9.95. The maximum Gasteiger partial charge on any atom is 0.305 e. The van der Waals surface area contributed by atoms with Gasteiger partial charge in [0, 0.05) is 58.2 Å². The van der Waals surface area contributed by atoms with Crippen molar-refractivity contribution in [3.8, 4) is 0 Å². The van der Waals surface area contributed by atoms with Crippen LogP contribution in [0.2, 0.25) is 0 Å². The van der Waals surface area contributed by atoms with Gasteiger partial charge in [-0.3, -0.25) is 47.9 Å². The topological polar surface area (TPSA) is 290 Å². The predicted molar refractivity (Wildman–Crippen MR) is 320 cm³/mol. The number of nitrogens with two attached hydrogens (primary N) is 1. The van der Waals surface area contributed by atoms with Crippen LogP contribution in [0.3, 0.4) is 0 Å². The zero-order valence-electron chi connectivity index (χ0n) is 51.7. The molecule has 4 fully saturated rings. The summed E-state index contributed by atoms with van der Waals surface area (Å²) >= 11 is 0. The highest BCUT2D eigenvalue weighted by atomic mass is 16.4. The van der Waals surface area contributed by atoms with E-state index in [1.165, 1.54) is 21.7 Å². The van der Waals surface area contributed by atoms with Crippen LogP contribution in [0, 0.1) is 23.7 Å². The van der Waals surface area contributed by atoms with E-state index in [1.807, 2.05) is 71.9 Å². The molecule has 0 radical (unpaired) electrons. The molecule has 4 aliphatic rings. The number of carbonyl (C=O) groups is 10. The summed E-state index contributed by atoms with van der Waals surface area (Å²) in [6.07, 6.45) is 13.3. The van der Waals surface area contributed by atoms with Crippen molar-refractivity contribution < 1.29 is 53.1 Å². The number of aliphatic carboxylic acids is 1. The Hall–Kier alpha value is -6.12. The first-order chi connectivity index (χ1) is 40.0. The van der Waals surface area contributed by atoms with E-state index in [9.17, 15) is 53.1 Å². The Morgan fingerprint density at radius 3 is 1.86 bits per heavy atom. The standard InChI is InChI=1S/C63H102N10O11/c1-9-10-11-12-20-29-54(74)71-30-21-25-44(38-71)56(77)66-48(35-43-23-16-15-17-24-43)58(79)67-47(32-40(2)3)57(78)68-49(33-41(4)5)62(83)73-39-45(64)36-53(73)63(84)70(8)52(34-42(6)7)60(81)69-50(37-55(75)76)61(82)72-31-22-28-51(72)59(80)65-46-26-18-13-14-19-27-46/h15-17,23-24,40-42,44-53H,9-14,18-22,25-39,64H2,1-8H3,(H,65,80)(H,66,77)(H,67,79)(H,68,78)(H,69,81)(H,75,76)/t44-,45+,47+,48-,49-,50-,51-,52-,53-/m0/s1. The van der Waals surface area contributed by atoms with Gasteiger partial charge in [-0.1, -0.05) is 130 Å². The molecule has 21 nitrogen and oxygen atoms in total. The number of unbranched alkanes of at least 4 members (excludes halogenated alkanes) is 4. The summed E-state index contributed by atoms with van der Waals surface area (Å²) in [6.45, 7) is 14.4. The van der Waals surface area contributed by atoms with E-state index >= 15 is 0 Å². The number of nitrogens with zero attached hydrogens (tertiary/aromatic N) is 4. The van der Waals surface area contributed by atoms with Crippen molar-refractivity contribution in [1.29, 1.82) is 0 Å². The number of carboxylic acid groups (broad SMARTS) is 1. The lowest BCUT2D eigenvalue weighted by Gasteiger charge is -2.36. The molecule has 0 aromatic heterocycles. The van der Waals surface area contributed by atoms with Gasteiger partial charge < -0.3 is 57.0 Å². The molecule has 0 unspecified atom stereocenters. The molecule has 9 atom stereocenters. The van der Waals surface area contributed by atoms with Gasteiger partial charge in [0.05, 0.1) is 12.3 Å². The van der Waals surface area contributed by atoms with Crippen molar-refractivity contribution in [3.63, 3.8) is 0 Å². The Morgan fingerprint density at radius 2 is 1.21 bits per heavy atom. The number of piperidine rings is 1. The first-order valence-corrected chi connectivity index (χ1v) is 31.7. The minimum atomic E-state index is -1.55. The molecule has 1 saturated carbocycles. The number of likely N-dealkylation sites (N-methyl/N-ethyl adjacent to an activating group) is 1. The Bertz CT molecular complexity index is 2360. The third kappa shape index (κ3) is 21.1. The lowest BCUT2D eigenvalue weighted by molar-refractivity contribution is -0.150. The van der Waals surface area contributed by atoms with Crippen LogP contribution < -0.4 is 32.3 Å². The maximum atomic E-state index is 15.0. The van der Waals surface area contributed by atoms with Crippen LogP contribution in [0.5, 0.6) is 0 Å². The Morgan fingerprint density at radius 1 is 0.619 bits per heavy atom. The van der Waals surface area contributed by atoms with Gasteiger partial charge in [-0.25, -0.2) is 0 Å². The summed E-state index contributed by atoms with van der Waals surface area (Å²) in [5.74, 6) is -6.85. The highest BCUT2D eigenvalue weighted by Crippen LogP contribution is 2.27. The van der Waals surface area contributed by atoms with Crippen molar-refractivity contribution in [2.45, 2.75) is 244 Å². The van der Waals surface area contributed by atoms with Crippen molar-refractivity contribution in [2.75, 3.05) is 33.2 Å². The van der Waals surface area contributed by atoms with Crippen LogP contribution in [0.25, 0.3) is 0 Å². The number of carboxylic acids is 1. The molecule has 1 aliphatic carbocycles. The van der Waals surface area contributed by atoms with Crippen molar-refractivity contribution in [2.24, 2.45) is 29.4 Å². The summed E-state index contributed by atoms with van der Waals surface area (Å²) < 4.78 is 0. The summed E-state index contributed by atoms with van der Waals surface area (Å²) in [6, 6.07) is 0.368. The smallest absolute Gasteiger partial charge is 0.305 e. The number of carbonyl (C=O) groups excluding carboxylic acids is 9. The zero-order valence-corrected chi connectivity index (χ0v) is 51.7. The molecule has 0 bridgehead atoms. The van der Waals surface area contributed by atoms with Gasteiger partial charge >= 0.3 is 5.97 Å². The molecule has 3 aliphatic heterocycles. The molecule has 470 valence electrons. The second-order valence-corrected chi connectivity index (χ2v) is 25.6. The first-order valence-electron chi connectivity index (χ1n) is 31.7. The average molecular weight is 1180 g/mol. The van der Waals surface area contributed by atoms with Crippen molar-refractivity contribution in [3.05, 3.63) is 35.9 Å². The Labute approximate surface area is 499 Å². The largest absolute Gasteiger partial charge is 0.481 e. The van der Waals surface area contributed by atoms with E-state index in [1.54, 1.807) is 4.90 Å². The number of nitrogens with one attached hydrogen (secondary N) is 5. The number of hydrogen-bond acceptors (Lipinski definition) is 11. The highest BCUT2D eigenvalue weighted by Gasteiger charge is 2.46. The van der Waals surface area contributed by atoms with Crippen molar-refractivity contribution in [1.82, 2.24) is 46.2 Å². The SMILES string of the molecule is CCCCCCCC(=O)N1CCC[C@H](C(=O)N[C@@H](Cc2ccccc2)C(=O)N[C@H](CC(C)C)C(=O)N[C@@H](CC(C)C)C(=O)N2C[C@H](N)C[C@H]2C(=O)N(C)[C@@H](CC(C)C)C(=O)N[C@@H](CC(=O)O)C(=O)N2CCC[C@H]2C(=O)NC2CCCCCC2)C1. The van der Waals surface area contributed by atoms with E-state index < -0.39 is 102 Å². The summed E-state index contributed by atoms with van der Waals surface area (Å²) in [4.78, 5) is 147. The summed E-state index contributed by atoms with van der Waals surface area (Å²) in [5, 5.41) is 24.6. The molecule has 8 N–H and O–H groups in total. The fourth-order valence-corrected chi connectivity index (χ4v) is 12.4. The van der Waals surface area contributed by atoms with Crippen LogP contribution >= 0.6 is 0 Å². The molecule has 0 spiro atoms. The quantitative estimate of drug-likeness (QED) is 0.0397. The van der Waals surface area contributed by atoms with Crippen LogP contribution in [-0.4, -0.2) is 171 Å². The number of likely N-dealkylation sites (tertiary alicyclic amines) is 3. The van der Waals surface area contributed by atoms with E-state index in [2.05, 4.69) is 33.5 Å². The van der Waals surface area contributed by atoms with Gasteiger partial charge in [0.1, 0.15) is 42.3 Å².